The number of hydrogen-bond acceptors (Lipinski definition) is 3. The van der Waals surface area contributed by atoms with E-state index in [0.717, 1.165) is 25.1 Å². The summed E-state index contributed by atoms with van der Waals surface area (Å²) in [6.45, 7) is 1.74. The second-order valence-corrected chi connectivity index (χ2v) is 5.45. The van der Waals surface area contributed by atoms with Gasteiger partial charge in [-0.2, -0.15) is 0 Å². The van der Waals surface area contributed by atoms with Crippen LogP contribution >= 0.6 is 0 Å². The molecule has 1 aliphatic rings. The average Bonchev–Trinajstić information content (AvgIpc) is 2.28. The topological polar surface area (TPSA) is 58.2 Å². The smallest absolute Gasteiger partial charge is 0.240 e. The minimum Gasteiger partial charge on any atom is -0.312 e. The molecule has 0 radical (unpaired) electrons. The first-order chi connectivity index (χ1) is 7.13. The van der Waals surface area contributed by atoms with E-state index in [1.807, 2.05) is 6.07 Å². The fourth-order valence-corrected chi connectivity index (χ4v) is 2.52. The lowest BCUT2D eigenvalue weighted by atomic mass is 10.0. The molecule has 82 valence electrons. The summed E-state index contributed by atoms with van der Waals surface area (Å²) >= 11 is 0. The Morgan fingerprint density at radius 1 is 1.33 bits per heavy atom. The molecule has 1 aromatic rings. The zero-order chi connectivity index (χ0) is 10.9. The van der Waals surface area contributed by atoms with Crippen molar-refractivity contribution in [1.29, 1.82) is 0 Å². The van der Waals surface area contributed by atoms with Gasteiger partial charge in [0.05, 0.1) is 4.90 Å². The van der Waals surface area contributed by atoms with Crippen LogP contribution in [0.5, 0.6) is 0 Å². The minimum atomic E-state index is -3.30. The van der Waals surface area contributed by atoms with Gasteiger partial charge in [-0.05, 0) is 43.3 Å². The second kappa shape index (κ2) is 3.92. The molecule has 1 aliphatic heterocycles. The van der Waals surface area contributed by atoms with Crippen molar-refractivity contribution in [3.8, 4) is 0 Å². The van der Waals surface area contributed by atoms with Crippen LogP contribution in [0.3, 0.4) is 0 Å². The van der Waals surface area contributed by atoms with Gasteiger partial charge in [0.25, 0.3) is 0 Å². The molecule has 0 spiro atoms. The van der Waals surface area contributed by atoms with Crippen LogP contribution in [0.1, 0.15) is 11.1 Å². The number of hydrogen-bond donors (Lipinski definition) is 2. The highest BCUT2D eigenvalue weighted by atomic mass is 32.2. The van der Waals surface area contributed by atoms with Gasteiger partial charge in [-0.3, -0.25) is 0 Å². The maximum absolute atomic E-state index is 11.6. The maximum atomic E-state index is 11.6. The quantitative estimate of drug-likeness (QED) is 0.759. The lowest BCUT2D eigenvalue weighted by molar-refractivity contribution is 0.587. The van der Waals surface area contributed by atoms with E-state index >= 15 is 0 Å². The lowest BCUT2D eigenvalue weighted by Gasteiger charge is -2.17. The van der Waals surface area contributed by atoms with Crippen molar-refractivity contribution >= 4 is 10.0 Å². The molecular formula is C10H14N2O2S. The van der Waals surface area contributed by atoms with Crippen LogP contribution in [0.15, 0.2) is 23.1 Å². The molecule has 0 fully saturated rings. The molecular weight excluding hydrogens is 212 g/mol. The van der Waals surface area contributed by atoms with Gasteiger partial charge in [0.15, 0.2) is 0 Å². The maximum Gasteiger partial charge on any atom is 0.240 e. The Bertz CT molecular complexity index is 468. The van der Waals surface area contributed by atoms with Crippen molar-refractivity contribution in [1.82, 2.24) is 10.0 Å². The Morgan fingerprint density at radius 3 is 2.87 bits per heavy atom. The number of benzene rings is 1. The second-order valence-electron chi connectivity index (χ2n) is 3.56. The van der Waals surface area contributed by atoms with Crippen LogP contribution in [0.25, 0.3) is 0 Å². The molecule has 0 bridgehead atoms. The summed E-state index contributed by atoms with van der Waals surface area (Å²) in [6.07, 6.45) is 0.891. The first-order valence-electron chi connectivity index (χ1n) is 4.89. The van der Waals surface area contributed by atoms with E-state index < -0.39 is 10.0 Å². The molecule has 5 heteroatoms. The fraction of sp³-hybridized carbons (Fsp3) is 0.400. The molecule has 15 heavy (non-hydrogen) atoms. The SMILES string of the molecule is CNS(=O)(=O)c1ccc2c(c1)CCNC2. The molecule has 2 N–H and O–H groups in total. The highest BCUT2D eigenvalue weighted by Crippen LogP contribution is 2.18. The van der Waals surface area contributed by atoms with Crippen molar-refractivity contribution in [2.75, 3.05) is 13.6 Å². The Labute approximate surface area is 89.7 Å². The molecule has 1 aromatic carbocycles. The van der Waals surface area contributed by atoms with Crippen molar-refractivity contribution in [3.05, 3.63) is 29.3 Å². The largest absolute Gasteiger partial charge is 0.312 e. The van der Waals surface area contributed by atoms with Gasteiger partial charge in [-0.1, -0.05) is 6.07 Å². The minimum absolute atomic E-state index is 0.352. The molecule has 0 aromatic heterocycles. The van der Waals surface area contributed by atoms with Crippen LogP contribution in [0.2, 0.25) is 0 Å². The number of rotatable bonds is 2. The average molecular weight is 226 g/mol. The summed E-state index contributed by atoms with van der Waals surface area (Å²) < 4.78 is 25.4. The summed E-state index contributed by atoms with van der Waals surface area (Å²) in [5.74, 6) is 0. The highest BCUT2D eigenvalue weighted by Gasteiger charge is 2.15. The third kappa shape index (κ3) is 2.04. The first-order valence-corrected chi connectivity index (χ1v) is 6.38. The molecule has 2 rings (SSSR count). The van der Waals surface area contributed by atoms with Gasteiger partial charge in [0.2, 0.25) is 10.0 Å². The Kier molecular flexibility index (Phi) is 2.77. The zero-order valence-electron chi connectivity index (χ0n) is 8.58. The molecule has 0 amide bonds. The number of nitrogens with one attached hydrogen (secondary N) is 2. The van der Waals surface area contributed by atoms with Gasteiger partial charge in [0, 0.05) is 6.54 Å². The van der Waals surface area contributed by atoms with Crippen molar-refractivity contribution in [2.24, 2.45) is 0 Å². The fourth-order valence-electron chi connectivity index (χ4n) is 1.74. The van der Waals surface area contributed by atoms with Crippen molar-refractivity contribution < 1.29 is 8.42 Å². The van der Waals surface area contributed by atoms with E-state index in [4.69, 9.17) is 0 Å². The van der Waals surface area contributed by atoms with E-state index in [-0.39, 0.29) is 0 Å². The monoisotopic (exact) mass is 226 g/mol. The van der Waals surface area contributed by atoms with E-state index in [1.165, 1.54) is 12.6 Å². The first kappa shape index (κ1) is 10.6. The molecule has 1 heterocycles. The third-order valence-electron chi connectivity index (χ3n) is 2.64. The summed E-state index contributed by atoms with van der Waals surface area (Å²) in [5.41, 5.74) is 2.32. The van der Waals surface area contributed by atoms with Crippen LogP contribution in [-0.2, 0) is 23.0 Å². The highest BCUT2D eigenvalue weighted by molar-refractivity contribution is 7.89. The van der Waals surface area contributed by atoms with E-state index in [1.54, 1.807) is 12.1 Å². The zero-order valence-corrected chi connectivity index (χ0v) is 9.39. The van der Waals surface area contributed by atoms with Gasteiger partial charge in [-0.15, -0.1) is 0 Å². The van der Waals surface area contributed by atoms with Gasteiger partial charge in [0.1, 0.15) is 0 Å². The van der Waals surface area contributed by atoms with Gasteiger partial charge in [-0.25, -0.2) is 13.1 Å². The molecule has 0 saturated heterocycles. The Hall–Kier alpha value is -0.910. The van der Waals surface area contributed by atoms with Crippen LogP contribution < -0.4 is 10.0 Å². The van der Waals surface area contributed by atoms with E-state index in [9.17, 15) is 8.42 Å². The summed E-state index contributed by atoms with van der Waals surface area (Å²) in [4.78, 5) is 0.352. The van der Waals surface area contributed by atoms with Crippen LogP contribution in [0, 0.1) is 0 Å². The molecule has 0 atom stereocenters. The summed E-state index contributed by atoms with van der Waals surface area (Å²) in [5, 5.41) is 3.25. The molecule has 0 saturated carbocycles. The standard InChI is InChI=1S/C10H14N2O2S/c1-11-15(13,14)10-3-2-9-7-12-5-4-8(9)6-10/h2-3,6,11-12H,4-5,7H2,1H3. The van der Waals surface area contributed by atoms with Gasteiger partial charge < -0.3 is 5.32 Å². The third-order valence-corrected chi connectivity index (χ3v) is 4.06. The van der Waals surface area contributed by atoms with Gasteiger partial charge >= 0.3 is 0 Å². The van der Waals surface area contributed by atoms with Crippen LogP contribution in [-0.4, -0.2) is 22.0 Å². The molecule has 0 aliphatic carbocycles. The molecule has 4 nitrogen and oxygen atoms in total. The summed E-state index contributed by atoms with van der Waals surface area (Å²) in [7, 11) is -1.88. The Morgan fingerprint density at radius 2 is 2.13 bits per heavy atom. The lowest BCUT2D eigenvalue weighted by Crippen LogP contribution is -2.24. The van der Waals surface area contributed by atoms with Crippen molar-refractivity contribution in [2.45, 2.75) is 17.9 Å². The predicted molar refractivity (Wildman–Crippen MR) is 58.1 cm³/mol. The number of fused-ring (bicyclic) bond motifs is 1. The summed E-state index contributed by atoms with van der Waals surface area (Å²) in [6, 6.07) is 5.30. The number of sulfonamides is 1. The van der Waals surface area contributed by atoms with Crippen LogP contribution in [0.4, 0.5) is 0 Å². The Balaban J connectivity index is 2.45. The van der Waals surface area contributed by atoms with E-state index in [0.29, 0.717) is 4.90 Å². The van der Waals surface area contributed by atoms with Crippen molar-refractivity contribution in [3.63, 3.8) is 0 Å². The molecule has 0 unspecified atom stereocenters. The predicted octanol–water partition coefficient (Wildman–Crippen LogP) is 0.240. The van der Waals surface area contributed by atoms with E-state index in [2.05, 4.69) is 10.0 Å². The normalized spacial score (nSPS) is 16.1.